The van der Waals surface area contributed by atoms with Gasteiger partial charge in [0.1, 0.15) is 43.0 Å². The largest absolute Gasteiger partial charge is 0.481 e. The van der Waals surface area contributed by atoms with Gasteiger partial charge in [-0.15, -0.1) is 11.8 Å². The Morgan fingerprint density at radius 3 is 1.82 bits per heavy atom. The van der Waals surface area contributed by atoms with Crippen molar-refractivity contribution in [2.24, 2.45) is 28.1 Å². The highest BCUT2D eigenvalue weighted by molar-refractivity contribution is 8.00. The zero-order valence-corrected chi connectivity index (χ0v) is 44.4. The topological polar surface area (TPSA) is 510 Å². The smallest absolute Gasteiger partial charge is 0.327 e. The van der Waals surface area contributed by atoms with Crippen LogP contribution in [0.4, 0.5) is 5.69 Å². The average Bonchev–Trinajstić information content (AvgIpc) is 3.63. The number of nitrogens with one attached hydrogen (secondary N) is 7. The van der Waals surface area contributed by atoms with Gasteiger partial charge in [-0.25, -0.2) is 4.79 Å². The van der Waals surface area contributed by atoms with E-state index in [1.807, 2.05) is 5.32 Å². The molecule has 1 aliphatic rings. The van der Waals surface area contributed by atoms with Gasteiger partial charge < -0.3 is 84.7 Å². The molecule has 2 rings (SSSR count). The maximum Gasteiger partial charge on any atom is 0.327 e. The minimum absolute atomic E-state index is 0.000542. The molecular weight excluding hydrogens is 1070 g/mol. The van der Waals surface area contributed by atoms with Gasteiger partial charge in [0.25, 0.3) is 6.47 Å². The SMILES string of the molecule is CC(C)[C@H](NC(=O)CCCCCN1C(=O)CC(SC[C@H](NC(=O)[C@H](CC(=O)O)NC(=O)[C@H](CC(=O)O)NC(=O)[C@H](CCCN=C(N)N)NC(=O)[C@@H](N)CC(=O)O)C(=O)O)C1=O)C(=O)N[C@@H](C)C(O)Nc1ccc(COC=O)cc1. The summed E-state index contributed by atoms with van der Waals surface area (Å²) in [5, 5.41) is 64.2. The molecule has 0 spiro atoms. The van der Waals surface area contributed by atoms with Gasteiger partial charge in [-0.05, 0) is 56.2 Å². The number of imide groups is 1. The summed E-state index contributed by atoms with van der Waals surface area (Å²) in [5.74, 6) is -15.1. The Balaban J connectivity index is 1.99. The molecule has 0 radical (unpaired) electrons. The number of hydrogen-bond acceptors (Lipinski definition) is 19. The van der Waals surface area contributed by atoms with Gasteiger partial charge in [0.05, 0.1) is 36.6 Å². The summed E-state index contributed by atoms with van der Waals surface area (Å²) in [6.07, 6.45) is -4.09. The number of aliphatic hydroxyl groups excluding tert-OH is 1. The van der Waals surface area contributed by atoms with Crippen LogP contribution in [-0.2, 0) is 73.7 Å². The number of ether oxygens (including phenoxy) is 1. The number of guanidine groups is 1. The molecule has 18 N–H and O–H groups in total. The van der Waals surface area contributed by atoms with Crippen molar-refractivity contribution in [2.45, 2.75) is 145 Å². The molecule has 1 aliphatic heterocycles. The lowest BCUT2D eigenvalue weighted by Crippen LogP contribution is -2.59. The van der Waals surface area contributed by atoms with Crippen LogP contribution < -0.4 is 54.4 Å². The van der Waals surface area contributed by atoms with Crippen LogP contribution >= 0.6 is 11.8 Å². The fraction of sp³-hybridized carbons (Fsp3) is 0.574. The van der Waals surface area contributed by atoms with E-state index in [0.717, 1.165) is 10.5 Å². The van der Waals surface area contributed by atoms with Crippen LogP contribution in [0.2, 0.25) is 0 Å². The highest BCUT2D eigenvalue weighted by Crippen LogP contribution is 2.26. The van der Waals surface area contributed by atoms with E-state index in [2.05, 4.69) is 36.9 Å². The summed E-state index contributed by atoms with van der Waals surface area (Å²) in [6.45, 7) is 5.30. The monoisotopic (exact) mass is 1140 g/mol. The third-order valence-corrected chi connectivity index (χ3v) is 12.9. The second-order valence-corrected chi connectivity index (χ2v) is 19.7. The van der Waals surface area contributed by atoms with Crippen LogP contribution in [-0.4, -0.2) is 187 Å². The van der Waals surface area contributed by atoms with Crippen LogP contribution in [0.3, 0.4) is 0 Å². The van der Waals surface area contributed by atoms with Crippen molar-refractivity contribution in [3.05, 3.63) is 29.8 Å². The number of carboxylic acids is 4. The number of aliphatic hydroxyl groups is 1. The number of likely N-dealkylation sites (tertiary alicyclic amines) is 1. The van der Waals surface area contributed by atoms with Crippen LogP contribution in [0.15, 0.2) is 29.3 Å². The van der Waals surface area contributed by atoms with E-state index in [0.29, 0.717) is 36.8 Å². The number of carbonyl (C=O) groups is 13. The highest BCUT2D eigenvalue weighted by Gasteiger charge is 2.40. The Hall–Kier alpha value is -8.13. The van der Waals surface area contributed by atoms with E-state index < -0.39 is 150 Å². The van der Waals surface area contributed by atoms with E-state index in [1.165, 1.54) is 0 Å². The second-order valence-electron chi connectivity index (χ2n) is 18.4. The summed E-state index contributed by atoms with van der Waals surface area (Å²) in [7, 11) is 0. The van der Waals surface area contributed by atoms with E-state index in [9.17, 15) is 82.8 Å². The van der Waals surface area contributed by atoms with Gasteiger partial charge >= 0.3 is 23.9 Å². The molecule has 0 saturated carbocycles. The number of unbranched alkanes of at least 4 members (excludes halogenated alkanes) is 2. The Labute approximate surface area is 456 Å². The Kier molecular flexibility index (Phi) is 28.7. The van der Waals surface area contributed by atoms with E-state index in [1.54, 1.807) is 45.0 Å². The lowest BCUT2D eigenvalue weighted by atomic mass is 10.0. The third-order valence-electron chi connectivity index (χ3n) is 11.6. The summed E-state index contributed by atoms with van der Waals surface area (Å²) >= 11 is 0.695. The van der Waals surface area contributed by atoms with Crippen LogP contribution in [0.1, 0.15) is 90.5 Å². The third kappa shape index (κ3) is 24.8. The predicted molar refractivity (Wildman–Crippen MR) is 277 cm³/mol. The molecule has 2 unspecified atom stereocenters. The standard InChI is InChI=1S/C47H70N12O19S/c1-23(2)38(44(74)52-24(3)39(69)53-26-12-10-25(11-13-26)20-78-22-60)58-33(61)9-5-4-6-15-59-34(62)19-32(45(59)75)79-21-31(46(76)77)57-43(73)30(18-37(67)68)56-42(72)29(17-36(65)66)55-41(71)28(8-7-14-51-47(49)50)54-40(70)27(48)16-35(63)64/h10-13,22-24,27-32,38-39,53,69H,4-9,14-21,48H2,1-3H3,(H,52,74)(H,54,70)(H,55,71)(H,56,72)(H,57,73)(H,58,61)(H,63,64)(H,65,66)(H,67,68)(H,76,77)(H4,49,50,51)/t24-,27-,28-,29-,30-,31-,32?,38-,39?/m0/s1. The first kappa shape index (κ1) is 67.0. The van der Waals surface area contributed by atoms with Crippen molar-refractivity contribution in [1.82, 2.24) is 36.8 Å². The first-order valence-corrected chi connectivity index (χ1v) is 25.7. The van der Waals surface area contributed by atoms with E-state index in [-0.39, 0.29) is 63.7 Å². The minimum atomic E-state index is -2.09. The summed E-state index contributed by atoms with van der Waals surface area (Å²) in [6, 6.07) is -4.30. The molecule has 438 valence electrons. The molecule has 1 aromatic rings. The summed E-state index contributed by atoms with van der Waals surface area (Å²) < 4.78 is 4.71. The van der Waals surface area contributed by atoms with Gasteiger partial charge in [0.15, 0.2) is 5.96 Å². The zero-order chi connectivity index (χ0) is 59.5. The number of carboxylic acid groups (broad SMARTS) is 4. The van der Waals surface area contributed by atoms with E-state index in [4.69, 9.17) is 27.0 Å². The Bertz CT molecular complexity index is 2370. The lowest BCUT2D eigenvalue weighted by molar-refractivity contribution is -0.144. The number of nitrogens with zero attached hydrogens (tertiary/aromatic N) is 2. The van der Waals surface area contributed by atoms with Crippen molar-refractivity contribution in [3.8, 4) is 0 Å². The molecular formula is C47H70N12O19S. The molecule has 32 heteroatoms. The number of amides is 8. The first-order chi connectivity index (χ1) is 37.1. The quantitative estimate of drug-likeness (QED) is 0.00749. The molecule has 1 heterocycles. The van der Waals surface area contributed by atoms with E-state index >= 15 is 0 Å². The van der Waals surface area contributed by atoms with Crippen molar-refractivity contribution in [3.63, 3.8) is 0 Å². The Morgan fingerprint density at radius 1 is 0.734 bits per heavy atom. The fourth-order valence-electron chi connectivity index (χ4n) is 7.35. The van der Waals surface area contributed by atoms with Crippen LogP contribution in [0.25, 0.3) is 0 Å². The number of benzene rings is 1. The predicted octanol–water partition coefficient (Wildman–Crippen LogP) is -4.01. The number of thioether (sulfide) groups is 1. The maximum atomic E-state index is 13.4. The molecule has 1 saturated heterocycles. The van der Waals surface area contributed by atoms with Crippen molar-refractivity contribution in [2.75, 3.05) is 24.2 Å². The van der Waals surface area contributed by atoms with Crippen LogP contribution in [0, 0.1) is 5.92 Å². The molecule has 79 heavy (non-hydrogen) atoms. The average molecular weight is 1140 g/mol. The molecule has 9 atom stereocenters. The number of aliphatic carboxylic acids is 4. The fourth-order valence-corrected chi connectivity index (χ4v) is 8.53. The lowest BCUT2D eigenvalue weighted by Gasteiger charge is -2.27. The van der Waals surface area contributed by atoms with Crippen LogP contribution in [0.5, 0.6) is 0 Å². The molecule has 0 bridgehead atoms. The van der Waals surface area contributed by atoms with Gasteiger partial charge in [0, 0.05) is 37.4 Å². The number of aliphatic imine (C=N–C) groups is 1. The first-order valence-electron chi connectivity index (χ1n) is 24.7. The summed E-state index contributed by atoms with van der Waals surface area (Å²) in [4.78, 5) is 167. The van der Waals surface area contributed by atoms with Gasteiger partial charge in [-0.3, -0.25) is 67.4 Å². The van der Waals surface area contributed by atoms with Gasteiger partial charge in [-0.2, -0.15) is 0 Å². The van der Waals surface area contributed by atoms with Crippen molar-refractivity contribution < 1.29 is 92.6 Å². The van der Waals surface area contributed by atoms with Crippen molar-refractivity contribution >= 4 is 101 Å². The minimum Gasteiger partial charge on any atom is -0.481 e. The number of carbonyl (C=O) groups excluding carboxylic acids is 9. The highest BCUT2D eigenvalue weighted by atomic mass is 32.2. The molecule has 1 fully saturated rings. The maximum absolute atomic E-state index is 13.4. The number of nitrogens with two attached hydrogens (primary N) is 3. The Morgan fingerprint density at radius 2 is 1.29 bits per heavy atom. The van der Waals surface area contributed by atoms with Crippen molar-refractivity contribution in [1.29, 1.82) is 0 Å². The molecule has 1 aromatic carbocycles. The molecule has 8 amide bonds. The molecule has 31 nitrogen and oxygen atoms in total. The number of hydrogen-bond donors (Lipinski definition) is 15. The molecule has 0 aliphatic carbocycles. The normalized spacial score (nSPS) is 16.0. The van der Waals surface area contributed by atoms with Gasteiger partial charge in [0.2, 0.25) is 47.3 Å². The van der Waals surface area contributed by atoms with Gasteiger partial charge in [-0.1, -0.05) is 32.4 Å². The second kappa shape index (κ2) is 33.9. The zero-order valence-electron chi connectivity index (χ0n) is 43.5. The number of anilines is 1. The summed E-state index contributed by atoms with van der Waals surface area (Å²) in [5.41, 5.74) is 17.5. The molecule has 0 aromatic heterocycles. The number of rotatable bonds is 38.